The molecule has 0 amide bonds. The number of benzene rings is 1. The van der Waals surface area contributed by atoms with Gasteiger partial charge in [-0.3, -0.25) is 14.8 Å². The van der Waals surface area contributed by atoms with Gasteiger partial charge in [-0.25, -0.2) is 9.36 Å². The van der Waals surface area contributed by atoms with Gasteiger partial charge in [0.15, 0.2) is 0 Å². The highest BCUT2D eigenvalue weighted by atomic mass is 35.5. The predicted octanol–water partition coefficient (Wildman–Crippen LogP) is 1.57. The molecule has 1 aromatic carbocycles. The number of H-pyrrole nitrogens is 1. The van der Waals surface area contributed by atoms with Crippen LogP contribution in [-0.4, -0.2) is 33.0 Å². The quantitative estimate of drug-likeness (QED) is 0.719. The number of nitrogens with zero attached hydrogens (tertiary/aromatic N) is 2. The van der Waals surface area contributed by atoms with E-state index in [1.54, 1.807) is 24.3 Å². The Labute approximate surface area is 148 Å². The Morgan fingerprint density at radius 3 is 2.72 bits per heavy atom. The van der Waals surface area contributed by atoms with Crippen LogP contribution >= 0.6 is 11.6 Å². The van der Waals surface area contributed by atoms with Crippen molar-refractivity contribution in [1.82, 2.24) is 9.55 Å². The van der Waals surface area contributed by atoms with Crippen molar-refractivity contribution in [2.24, 2.45) is 10.7 Å². The van der Waals surface area contributed by atoms with E-state index in [2.05, 4.69) is 9.98 Å². The lowest BCUT2D eigenvalue weighted by molar-refractivity contribution is 0.387. The molecular weight excluding hydrogens is 344 g/mol. The molecule has 8 heteroatoms. The number of nitrogens with one attached hydrogen (secondary N) is 1. The summed E-state index contributed by atoms with van der Waals surface area (Å²) in [5, 5.41) is 10.8. The summed E-state index contributed by atoms with van der Waals surface area (Å²) in [7, 11) is 0. The molecule has 1 aromatic heterocycles. The molecule has 0 bridgehead atoms. The SMILES string of the molecule is NC1CCCCC1N=Cc1c(O)n(-c2ccccc2Cl)c(=O)[nH]c1=O. The standard InChI is InChI=1S/C17H19ClN4O3/c18-11-5-1-4-8-14(11)22-16(24)10(15(23)21-17(22)25)9-20-13-7-3-2-6-12(13)19/h1,4-5,8-9,12-13,24H,2-3,6-7,19H2,(H,21,23,25). The molecule has 1 fully saturated rings. The number of aromatic amines is 1. The van der Waals surface area contributed by atoms with Crippen LogP contribution in [0.2, 0.25) is 5.02 Å². The zero-order valence-electron chi connectivity index (χ0n) is 13.5. The van der Waals surface area contributed by atoms with E-state index in [1.165, 1.54) is 6.21 Å². The highest BCUT2D eigenvalue weighted by molar-refractivity contribution is 6.32. The van der Waals surface area contributed by atoms with Gasteiger partial charge in [0.1, 0.15) is 5.56 Å². The molecule has 2 aromatic rings. The second kappa shape index (κ2) is 7.25. The zero-order valence-corrected chi connectivity index (χ0v) is 14.2. The van der Waals surface area contributed by atoms with E-state index >= 15 is 0 Å². The average Bonchev–Trinajstić information content (AvgIpc) is 2.57. The molecule has 0 aliphatic heterocycles. The maximum Gasteiger partial charge on any atom is 0.335 e. The molecule has 7 nitrogen and oxygen atoms in total. The van der Waals surface area contributed by atoms with Crippen LogP contribution in [0.3, 0.4) is 0 Å². The molecule has 132 valence electrons. The van der Waals surface area contributed by atoms with Gasteiger partial charge in [-0.1, -0.05) is 36.6 Å². The molecule has 1 aliphatic rings. The minimum Gasteiger partial charge on any atom is -0.493 e. The zero-order chi connectivity index (χ0) is 18.0. The predicted molar refractivity (Wildman–Crippen MR) is 97.2 cm³/mol. The summed E-state index contributed by atoms with van der Waals surface area (Å²) < 4.78 is 0.950. The molecule has 3 rings (SSSR count). The highest BCUT2D eigenvalue weighted by Gasteiger charge is 2.21. The first-order valence-corrected chi connectivity index (χ1v) is 8.49. The van der Waals surface area contributed by atoms with E-state index in [4.69, 9.17) is 17.3 Å². The van der Waals surface area contributed by atoms with Gasteiger partial charge in [0.25, 0.3) is 5.56 Å². The van der Waals surface area contributed by atoms with Crippen LogP contribution < -0.4 is 17.0 Å². The van der Waals surface area contributed by atoms with Gasteiger partial charge >= 0.3 is 5.69 Å². The Kier molecular flexibility index (Phi) is 5.06. The van der Waals surface area contributed by atoms with Crippen molar-refractivity contribution >= 4 is 17.8 Å². The lowest BCUT2D eigenvalue weighted by Crippen LogP contribution is -2.36. The molecule has 0 spiro atoms. The number of hydrogen-bond acceptors (Lipinski definition) is 5. The molecule has 4 N–H and O–H groups in total. The molecule has 0 radical (unpaired) electrons. The lowest BCUT2D eigenvalue weighted by Gasteiger charge is -2.24. The minimum atomic E-state index is -0.776. The van der Waals surface area contributed by atoms with Gasteiger partial charge in [-0.05, 0) is 25.0 Å². The Bertz CT molecular complexity index is 919. The molecule has 2 unspecified atom stereocenters. The third-order valence-electron chi connectivity index (χ3n) is 4.39. The normalized spacial score (nSPS) is 20.9. The molecule has 1 aliphatic carbocycles. The fourth-order valence-corrected chi connectivity index (χ4v) is 3.23. The molecule has 1 saturated carbocycles. The third kappa shape index (κ3) is 3.52. The summed E-state index contributed by atoms with van der Waals surface area (Å²) in [5.74, 6) is -0.505. The van der Waals surface area contributed by atoms with E-state index < -0.39 is 17.1 Å². The van der Waals surface area contributed by atoms with Crippen molar-refractivity contribution in [3.05, 3.63) is 55.7 Å². The number of para-hydroxylation sites is 1. The van der Waals surface area contributed by atoms with Crippen molar-refractivity contribution in [3.8, 4) is 11.6 Å². The highest BCUT2D eigenvalue weighted by Crippen LogP contribution is 2.23. The molecule has 0 saturated heterocycles. The van der Waals surface area contributed by atoms with Crippen LogP contribution in [0, 0.1) is 0 Å². The maximum atomic E-state index is 12.1. The van der Waals surface area contributed by atoms with Crippen molar-refractivity contribution in [2.45, 2.75) is 37.8 Å². The van der Waals surface area contributed by atoms with Gasteiger partial charge < -0.3 is 10.8 Å². The van der Waals surface area contributed by atoms with Gasteiger partial charge in [-0.15, -0.1) is 0 Å². The van der Waals surface area contributed by atoms with Gasteiger partial charge in [0.2, 0.25) is 5.88 Å². The van der Waals surface area contributed by atoms with Gasteiger partial charge in [0.05, 0.1) is 16.8 Å². The van der Waals surface area contributed by atoms with E-state index in [0.717, 1.165) is 30.3 Å². The number of aliphatic imine (C=N–C) groups is 1. The Balaban J connectivity index is 2.06. The number of hydrogen-bond donors (Lipinski definition) is 3. The van der Waals surface area contributed by atoms with Crippen molar-refractivity contribution in [1.29, 1.82) is 0 Å². The first-order chi connectivity index (χ1) is 12.0. The van der Waals surface area contributed by atoms with Crippen LogP contribution in [0.5, 0.6) is 5.88 Å². The van der Waals surface area contributed by atoms with E-state index in [1.807, 2.05) is 0 Å². The van der Waals surface area contributed by atoms with Gasteiger partial charge in [-0.2, -0.15) is 0 Å². The van der Waals surface area contributed by atoms with Crippen LogP contribution in [-0.2, 0) is 0 Å². The summed E-state index contributed by atoms with van der Waals surface area (Å²) in [5.41, 5.74) is 4.73. The fourth-order valence-electron chi connectivity index (χ4n) is 3.01. The second-order valence-electron chi connectivity index (χ2n) is 6.08. The van der Waals surface area contributed by atoms with E-state index in [-0.39, 0.29) is 28.4 Å². The molecular formula is C17H19ClN4O3. The Morgan fingerprint density at radius 2 is 2.00 bits per heavy atom. The smallest absolute Gasteiger partial charge is 0.335 e. The molecule has 1 heterocycles. The average molecular weight is 363 g/mol. The van der Waals surface area contributed by atoms with Crippen LogP contribution in [0.4, 0.5) is 0 Å². The third-order valence-corrected chi connectivity index (χ3v) is 4.71. The maximum absolute atomic E-state index is 12.1. The van der Waals surface area contributed by atoms with Crippen LogP contribution in [0.25, 0.3) is 5.69 Å². The fraction of sp³-hybridized carbons (Fsp3) is 0.353. The first kappa shape index (κ1) is 17.4. The van der Waals surface area contributed by atoms with Crippen LogP contribution in [0.15, 0.2) is 38.8 Å². The lowest BCUT2D eigenvalue weighted by atomic mass is 9.91. The summed E-state index contributed by atoms with van der Waals surface area (Å²) >= 11 is 6.10. The monoisotopic (exact) mass is 362 g/mol. The number of aromatic nitrogens is 2. The van der Waals surface area contributed by atoms with Gasteiger partial charge in [0, 0.05) is 12.3 Å². The van der Waals surface area contributed by atoms with Crippen molar-refractivity contribution in [3.63, 3.8) is 0 Å². The summed E-state index contributed by atoms with van der Waals surface area (Å²) in [4.78, 5) is 30.8. The number of rotatable bonds is 3. The number of halogens is 1. The van der Waals surface area contributed by atoms with E-state index in [9.17, 15) is 14.7 Å². The van der Waals surface area contributed by atoms with Crippen molar-refractivity contribution < 1.29 is 5.11 Å². The molecule has 25 heavy (non-hydrogen) atoms. The summed E-state index contributed by atoms with van der Waals surface area (Å²) in [6, 6.07) is 6.36. The Hall–Kier alpha value is -2.38. The summed E-state index contributed by atoms with van der Waals surface area (Å²) in [6.07, 6.45) is 5.09. The van der Waals surface area contributed by atoms with E-state index in [0.29, 0.717) is 0 Å². The topological polar surface area (TPSA) is 113 Å². The molecule has 2 atom stereocenters. The first-order valence-electron chi connectivity index (χ1n) is 8.11. The number of nitrogens with two attached hydrogens (primary N) is 1. The Morgan fingerprint density at radius 1 is 1.28 bits per heavy atom. The summed E-state index contributed by atoms with van der Waals surface area (Å²) in [6.45, 7) is 0. The largest absolute Gasteiger partial charge is 0.493 e. The van der Waals surface area contributed by atoms with Crippen molar-refractivity contribution in [2.75, 3.05) is 0 Å². The van der Waals surface area contributed by atoms with Crippen LogP contribution in [0.1, 0.15) is 31.2 Å². The second-order valence-corrected chi connectivity index (χ2v) is 6.48. The minimum absolute atomic E-state index is 0.0688. The number of aromatic hydroxyl groups is 1.